The minimum atomic E-state index is 0.611. The van der Waals surface area contributed by atoms with Crippen molar-refractivity contribution in [3.63, 3.8) is 0 Å². The Bertz CT molecular complexity index is 594. The highest BCUT2D eigenvalue weighted by molar-refractivity contribution is 5.49. The summed E-state index contributed by atoms with van der Waals surface area (Å²) in [6.07, 6.45) is 4.96. The highest BCUT2D eigenvalue weighted by Crippen LogP contribution is 2.29. The van der Waals surface area contributed by atoms with Crippen LogP contribution >= 0.6 is 0 Å². The Hall–Kier alpha value is -1.80. The number of anilines is 1. The van der Waals surface area contributed by atoms with E-state index in [1.807, 2.05) is 0 Å². The lowest BCUT2D eigenvalue weighted by Gasteiger charge is -2.35. The van der Waals surface area contributed by atoms with Crippen molar-refractivity contribution < 1.29 is 0 Å². The number of benzene rings is 2. The molecule has 1 aliphatic carbocycles. The first-order chi connectivity index (χ1) is 10.9. The van der Waals surface area contributed by atoms with Gasteiger partial charge in [0.15, 0.2) is 0 Å². The van der Waals surface area contributed by atoms with Gasteiger partial charge < -0.3 is 10.2 Å². The van der Waals surface area contributed by atoms with Gasteiger partial charge in [-0.05, 0) is 55.5 Å². The number of hydrogen-bond acceptors (Lipinski definition) is 2. The van der Waals surface area contributed by atoms with Gasteiger partial charge in [0, 0.05) is 24.3 Å². The molecule has 1 N–H and O–H groups in total. The van der Waals surface area contributed by atoms with E-state index in [0.29, 0.717) is 6.04 Å². The summed E-state index contributed by atoms with van der Waals surface area (Å²) in [5.41, 5.74) is 4.45. The molecule has 2 heteroatoms. The second-order valence-electron chi connectivity index (χ2n) is 6.59. The summed E-state index contributed by atoms with van der Waals surface area (Å²) in [5.74, 6) is 0. The van der Waals surface area contributed by atoms with Crippen LogP contribution in [0, 0.1) is 0 Å². The lowest BCUT2D eigenvalue weighted by Crippen LogP contribution is -2.46. The molecular weight excluding hydrogens is 268 g/mol. The SMILES string of the molecule is c1ccc(N(CCC2CCN2)C2Cc3ccccc3C2)cc1. The summed E-state index contributed by atoms with van der Waals surface area (Å²) in [5, 5.41) is 3.53. The normalized spacial score (nSPS) is 20.5. The first-order valence-electron chi connectivity index (χ1n) is 8.52. The van der Waals surface area contributed by atoms with Gasteiger partial charge in [0.05, 0.1) is 0 Å². The predicted molar refractivity (Wildman–Crippen MR) is 92.5 cm³/mol. The molecule has 2 nitrogen and oxygen atoms in total. The summed E-state index contributed by atoms with van der Waals surface area (Å²) in [7, 11) is 0. The molecule has 1 heterocycles. The van der Waals surface area contributed by atoms with E-state index in [-0.39, 0.29) is 0 Å². The second kappa shape index (κ2) is 6.13. The van der Waals surface area contributed by atoms with Gasteiger partial charge in [-0.1, -0.05) is 42.5 Å². The molecule has 114 valence electrons. The van der Waals surface area contributed by atoms with Crippen molar-refractivity contribution in [1.82, 2.24) is 5.32 Å². The molecule has 0 spiro atoms. The summed E-state index contributed by atoms with van der Waals surface area (Å²) in [6, 6.07) is 21.2. The van der Waals surface area contributed by atoms with Gasteiger partial charge >= 0.3 is 0 Å². The zero-order valence-corrected chi connectivity index (χ0v) is 13.0. The van der Waals surface area contributed by atoms with Crippen molar-refractivity contribution in [2.45, 2.75) is 37.8 Å². The molecule has 0 bridgehead atoms. The standard InChI is InChI=1S/C20H24N2/c1-2-8-19(9-3-1)22(13-11-18-10-12-21-18)20-14-16-6-4-5-7-17(16)15-20/h1-9,18,20-21H,10-15H2. The predicted octanol–water partition coefficient (Wildman–Crippen LogP) is 3.41. The van der Waals surface area contributed by atoms with Crippen LogP contribution < -0.4 is 10.2 Å². The Labute approximate surface area is 133 Å². The van der Waals surface area contributed by atoms with Crippen LogP contribution in [0.3, 0.4) is 0 Å². The quantitative estimate of drug-likeness (QED) is 0.908. The summed E-state index contributed by atoms with van der Waals surface area (Å²) in [6.45, 7) is 2.35. The van der Waals surface area contributed by atoms with E-state index in [1.165, 1.54) is 49.0 Å². The first kappa shape index (κ1) is 13.8. The van der Waals surface area contributed by atoms with Crippen molar-refractivity contribution in [2.75, 3.05) is 18.0 Å². The summed E-state index contributed by atoms with van der Waals surface area (Å²) >= 11 is 0. The monoisotopic (exact) mass is 292 g/mol. The number of rotatable bonds is 5. The molecule has 22 heavy (non-hydrogen) atoms. The van der Waals surface area contributed by atoms with E-state index < -0.39 is 0 Å². The van der Waals surface area contributed by atoms with Gasteiger partial charge in [0.2, 0.25) is 0 Å². The van der Waals surface area contributed by atoms with E-state index in [1.54, 1.807) is 0 Å². The molecule has 4 rings (SSSR count). The van der Waals surface area contributed by atoms with E-state index in [2.05, 4.69) is 64.8 Å². The molecule has 0 radical (unpaired) electrons. The third-order valence-corrected chi connectivity index (χ3v) is 5.20. The maximum absolute atomic E-state index is 3.53. The van der Waals surface area contributed by atoms with E-state index in [9.17, 15) is 0 Å². The average Bonchev–Trinajstić information content (AvgIpc) is 2.94. The Kier molecular flexibility index (Phi) is 3.86. The summed E-state index contributed by atoms with van der Waals surface area (Å²) in [4.78, 5) is 2.64. The molecule has 2 aromatic rings. The maximum atomic E-state index is 3.53. The lowest BCUT2D eigenvalue weighted by atomic mass is 10.0. The first-order valence-corrected chi connectivity index (χ1v) is 8.52. The lowest BCUT2D eigenvalue weighted by molar-refractivity contribution is 0.348. The van der Waals surface area contributed by atoms with Crippen LogP contribution in [0.5, 0.6) is 0 Å². The Morgan fingerprint density at radius 1 is 0.909 bits per heavy atom. The fourth-order valence-electron chi connectivity index (χ4n) is 3.79. The molecule has 1 atom stereocenters. The van der Waals surface area contributed by atoms with Gasteiger partial charge in [-0.15, -0.1) is 0 Å². The number of hydrogen-bond donors (Lipinski definition) is 1. The van der Waals surface area contributed by atoms with Crippen molar-refractivity contribution in [3.05, 3.63) is 65.7 Å². The van der Waals surface area contributed by atoms with Crippen LogP contribution in [0.15, 0.2) is 54.6 Å². The maximum Gasteiger partial charge on any atom is 0.0370 e. The molecule has 0 amide bonds. The molecule has 2 aliphatic rings. The molecule has 2 aromatic carbocycles. The molecule has 1 aliphatic heterocycles. The van der Waals surface area contributed by atoms with Gasteiger partial charge in [-0.3, -0.25) is 0 Å². The Morgan fingerprint density at radius 2 is 1.55 bits per heavy atom. The van der Waals surface area contributed by atoms with Crippen molar-refractivity contribution in [2.24, 2.45) is 0 Å². The van der Waals surface area contributed by atoms with Crippen LogP contribution in [0.1, 0.15) is 24.0 Å². The number of para-hydroxylation sites is 1. The minimum Gasteiger partial charge on any atom is -0.368 e. The van der Waals surface area contributed by atoms with Gasteiger partial charge in [0.1, 0.15) is 0 Å². The van der Waals surface area contributed by atoms with Crippen LogP contribution in [0.25, 0.3) is 0 Å². The zero-order valence-electron chi connectivity index (χ0n) is 13.0. The fourth-order valence-corrected chi connectivity index (χ4v) is 3.79. The average molecular weight is 292 g/mol. The van der Waals surface area contributed by atoms with Gasteiger partial charge in [-0.2, -0.15) is 0 Å². The molecule has 1 fully saturated rings. The molecule has 1 unspecified atom stereocenters. The van der Waals surface area contributed by atoms with Crippen molar-refractivity contribution >= 4 is 5.69 Å². The van der Waals surface area contributed by atoms with Crippen LogP contribution in [-0.4, -0.2) is 25.2 Å². The largest absolute Gasteiger partial charge is 0.368 e. The zero-order chi connectivity index (χ0) is 14.8. The highest BCUT2D eigenvalue weighted by Gasteiger charge is 2.27. The number of fused-ring (bicyclic) bond motifs is 1. The third-order valence-electron chi connectivity index (χ3n) is 5.20. The highest BCUT2D eigenvalue weighted by atomic mass is 15.2. The van der Waals surface area contributed by atoms with E-state index in [0.717, 1.165) is 12.6 Å². The Balaban J connectivity index is 1.52. The Morgan fingerprint density at radius 3 is 2.14 bits per heavy atom. The van der Waals surface area contributed by atoms with E-state index in [4.69, 9.17) is 0 Å². The van der Waals surface area contributed by atoms with Crippen LogP contribution in [-0.2, 0) is 12.8 Å². The van der Waals surface area contributed by atoms with Crippen molar-refractivity contribution in [1.29, 1.82) is 0 Å². The van der Waals surface area contributed by atoms with Gasteiger partial charge in [0.25, 0.3) is 0 Å². The molecule has 1 saturated heterocycles. The third kappa shape index (κ3) is 2.76. The van der Waals surface area contributed by atoms with Crippen LogP contribution in [0.4, 0.5) is 5.69 Å². The smallest absolute Gasteiger partial charge is 0.0370 e. The van der Waals surface area contributed by atoms with Crippen LogP contribution in [0.2, 0.25) is 0 Å². The van der Waals surface area contributed by atoms with Crippen molar-refractivity contribution in [3.8, 4) is 0 Å². The van der Waals surface area contributed by atoms with Gasteiger partial charge in [-0.25, -0.2) is 0 Å². The summed E-state index contributed by atoms with van der Waals surface area (Å²) < 4.78 is 0. The minimum absolute atomic E-state index is 0.611. The molecule has 0 aromatic heterocycles. The second-order valence-corrected chi connectivity index (χ2v) is 6.59. The molecular formula is C20H24N2. The fraction of sp³-hybridized carbons (Fsp3) is 0.400. The van der Waals surface area contributed by atoms with E-state index >= 15 is 0 Å². The molecule has 0 saturated carbocycles. The number of nitrogens with one attached hydrogen (secondary N) is 1. The number of nitrogens with zero attached hydrogens (tertiary/aromatic N) is 1. The topological polar surface area (TPSA) is 15.3 Å².